The van der Waals surface area contributed by atoms with Crippen LogP contribution in [0.4, 0.5) is 0 Å². The molecule has 110 valence electrons. The van der Waals surface area contributed by atoms with Gasteiger partial charge >= 0.3 is 0 Å². The second-order valence-electron chi connectivity index (χ2n) is 5.43. The Hall–Kier alpha value is -1.55. The fraction of sp³-hybridized carbons (Fsp3) is 0.562. The summed E-state index contributed by atoms with van der Waals surface area (Å²) >= 11 is 0. The molecule has 4 nitrogen and oxygen atoms in total. The van der Waals surface area contributed by atoms with Gasteiger partial charge in [0.15, 0.2) is 6.10 Å². The minimum atomic E-state index is -0.435. The maximum atomic E-state index is 12.4. The van der Waals surface area contributed by atoms with Crippen molar-refractivity contribution < 1.29 is 9.53 Å². The number of ether oxygens (including phenoxy) is 1. The lowest BCUT2D eigenvalue weighted by Crippen LogP contribution is -2.42. The molecule has 1 aromatic carbocycles. The first-order valence-electron chi connectivity index (χ1n) is 7.31. The van der Waals surface area contributed by atoms with Gasteiger partial charge in [0.1, 0.15) is 5.75 Å². The van der Waals surface area contributed by atoms with E-state index in [0.29, 0.717) is 0 Å². The summed E-state index contributed by atoms with van der Waals surface area (Å²) in [6, 6.07) is 5.94. The van der Waals surface area contributed by atoms with Crippen molar-refractivity contribution in [1.29, 1.82) is 0 Å². The highest BCUT2D eigenvalue weighted by molar-refractivity contribution is 5.81. The molecular weight excluding hydrogens is 252 g/mol. The number of nitrogens with one attached hydrogen (secondary N) is 1. The zero-order chi connectivity index (χ0) is 14.5. The van der Waals surface area contributed by atoms with Crippen LogP contribution < -0.4 is 10.1 Å². The van der Waals surface area contributed by atoms with Crippen molar-refractivity contribution in [2.75, 3.05) is 26.2 Å². The number of benzene rings is 1. The monoisotopic (exact) mass is 276 g/mol. The molecular formula is C16H24N2O2. The van der Waals surface area contributed by atoms with Crippen LogP contribution in [0.5, 0.6) is 5.75 Å². The van der Waals surface area contributed by atoms with Crippen molar-refractivity contribution in [3.63, 3.8) is 0 Å². The van der Waals surface area contributed by atoms with Crippen LogP contribution in [0.1, 0.15) is 24.5 Å². The van der Waals surface area contributed by atoms with Crippen molar-refractivity contribution in [1.82, 2.24) is 10.2 Å². The molecule has 1 N–H and O–H groups in total. The molecule has 1 amide bonds. The van der Waals surface area contributed by atoms with Gasteiger partial charge in [0.25, 0.3) is 5.91 Å². The van der Waals surface area contributed by atoms with Gasteiger partial charge in [0.05, 0.1) is 0 Å². The Balaban J connectivity index is 1.97. The van der Waals surface area contributed by atoms with E-state index in [2.05, 4.69) is 19.2 Å². The van der Waals surface area contributed by atoms with Crippen LogP contribution in [-0.2, 0) is 4.79 Å². The largest absolute Gasteiger partial charge is 0.481 e. The highest BCUT2D eigenvalue weighted by atomic mass is 16.5. The van der Waals surface area contributed by atoms with Crippen molar-refractivity contribution >= 4 is 5.91 Å². The molecule has 0 bridgehead atoms. The minimum absolute atomic E-state index is 0.0759. The Kier molecular flexibility index (Phi) is 5.01. The van der Waals surface area contributed by atoms with Crippen molar-refractivity contribution in [2.24, 2.45) is 0 Å². The molecule has 0 saturated carbocycles. The maximum Gasteiger partial charge on any atom is 0.263 e. The molecule has 1 saturated heterocycles. The molecule has 1 aliphatic heterocycles. The first-order chi connectivity index (χ1) is 9.58. The van der Waals surface area contributed by atoms with Crippen molar-refractivity contribution in [3.05, 3.63) is 29.3 Å². The quantitative estimate of drug-likeness (QED) is 0.916. The molecule has 0 radical (unpaired) electrons. The van der Waals surface area contributed by atoms with Crippen LogP contribution in [0.25, 0.3) is 0 Å². The van der Waals surface area contributed by atoms with Crippen LogP contribution in [0.15, 0.2) is 18.2 Å². The molecule has 1 aromatic rings. The fourth-order valence-electron chi connectivity index (χ4n) is 2.36. The third kappa shape index (κ3) is 3.73. The van der Waals surface area contributed by atoms with Crippen LogP contribution in [0.3, 0.4) is 0 Å². The van der Waals surface area contributed by atoms with Crippen LogP contribution in [0, 0.1) is 13.8 Å². The molecule has 0 spiro atoms. The normalized spacial score (nSPS) is 17.4. The fourth-order valence-corrected chi connectivity index (χ4v) is 2.36. The third-order valence-electron chi connectivity index (χ3n) is 3.79. The number of aryl methyl sites for hydroxylation is 2. The van der Waals surface area contributed by atoms with Gasteiger partial charge in [-0.25, -0.2) is 0 Å². The van der Waals surface area contributed by atoms with E-state index in [1.54, 1.807) is 0 Å². The lowest BCUT2D eigenvalue weighted by atomic mass is 10.1. The van der Waals surface area contributed by atoms with Gasteiger partial charge in [-0.2, -0.15) is 0 Å². The van der Waals surface area contributed by atoms with E-state index in [4.69, 9.17) is 4.74 Å². The number of carbonyl (C=O) groups excluding carboxylic acids is 1. The Morgan fingerprint density at radius 2 is 2.05 bits per heavy atom. The number of rotatable bonds is 3. The Labute approximate surface area is 121 Å². The number of hydrogen-bond donors (Lipinski definition) is 1. The SMILES string of the molecule is Cc1ccc(OC(C)C(=O)N2CCCNCC2)cc1C. The van der Waals surface area contributed by atoms with Crippen LogP contribution in [0.2, 0.25) is 0 Å². The van der Waals surface area contributed by atoms with Gasteiger partial charge in [0, 0.05) is 19.6 Å². The molecule has 1 heterocycles. The van der Waals surface area contributed by atoms with E-state index < -0.39 is 6.10 Å². The molecule has 1 fully saturated rings. The van der Waals surface area contributed by atoms with Gasteiger partial charge in [-0.05, 0) is 57.0 Å². The average Bonchev–Trinajstić information content (AvgIpc) is 2.71. The first-order valence-corrected chi connectivity index (χ1v) is 7.31. The Morgan fingerprint density at radius 3 is 2.80 bits per heavy atom. The Morgan fingerprint density at radius 1 is 1.25 bits per heavy atom. The Bertz CT molecular complexity index is 466. The zero-order valence-electron chi connectivity index (χ0n) is 12.6. The smallest absolute Gasteiger partial charge is 0.263 e. The summed E-state index contributed by atoms with van der Waals surface area (Å²) < 4.78 is 5.79. The highest BCUT2D eigenvalue weighted by Gasteiger charge is 2.22. The van der Waals surface area contributed by atoms with E-state index in [-0.39, 0.29) is 5.91 Å². The molecule has 1 aliphatic rings. The lowest BCUT2D eigenvalue weighted by Gasteiger charge is -2.24. The minimum Gasteiger partial charge on any atom is -0.481 e. The predicted molar refractivity (Wildman–Crippen MR) is 80.1 cm³/mol. The van der Waals surface area contributed by atoms with E-state index in [0.717, 1.165) is 38.3 Å². The summed E-state index contributed by atoms with van der Waals surface area (Å²) in [6.45, 7) is 9.37. The molecule has 20 heavy (non-hydrogen) atoms. The average molecular weight is 276 g/mol. The predicted octanol–water partition coefficient (Wildman–Crippen LogP) is 1.89. The van der Waals surface area contributed by atoms with Crippen LogP contribution >= 0.6 is 0 Å². The van der Waals surface area contributed by atoms with E-state index >= 15 is 0 Å². The van der Waals surface area contributed by atoms with Gasteiger partial charge in [-0.1, -0.05) is 6.07 Å². The third-order valence-corrected chi connectivity index (χ3v) is 3.79. The van der Waals surface area contributed by atoms with Gasteiger partial charge in [-0.15, -0.1) is 0 Å². The van der Waals surface area contributed by atoms with Gasteiger partial charge in [-0.3, -0.25) is 4.79 Å². The van der Waals surface area contributed by atoms with Crippen molar-refractivity contribution in [2.45, 2.75) is 33.3 Å². The first kappa shape index (κ1) is 14.9. The highest BCUT2D eigenvalue weighted by Crippen LogP contribution is 2.18. The molecule has 0 aromatic heterocycles. The summed E-state index contributed by atoms with van der Waals surface area (Å²) in [5.41, 5.74) is 2.41. The maximum absolute atomic E-state index is 12.4. The number of carbonyl (C=O) groups is 1. The molecule has 1 unspecified atom stereocenters. The topological polar surface area (TPSA) is 41.6 Å². The zero-order valence-corrected chi connectivity index (χ0v) is 12.6. The summed E-state index contributed by atoms with van der Waals surface area (Å²) in [5, 5.41) is 3.30. The molecule has 0 aliphatic carbocycles. The van der Waals surface area contributed by atoms with E-state index in [9.17, 15) is 4.79 Å². The number of nitrogens with zero attached hydrogens (tertiary/aromatic N) is 1. The summed E-state index contributed by atoms with van der Waals surface area (Å²) in [7, 11) is 0. The van der Waals surface area contributed by atoms with E-state index in [1.165, 1.54) is 11.1 Å². The van der Waals surface area contributed by atoms with E-state index in [1.807, 2.05) is 30.0 Å². The van der Waals surface area contributed by atoms with Gasteiger partial charge in [0.2, 0.25) is 0 Å². The molecule has 2 rings (SSSR count). The lowest BCUT2D eigenvalue weighted by molar-refractivity contribution is -0.137. The number of hydrogen-bond acceptors (Lipinski definition) is 3. The van der Waals surface area contributed by atoms with Crippen LogP contribution in [-0.4, -0.2) is 43.1 Å². The second kappa shape index (κ2) is 6.75. The summed E-state index contributed by atoms with van der Waals surface area (Å²) in [6.07, 6.45) is 0.567. The molecule has 1 atom stereocenters. The number of amides is 1. The second-order valence-corrected chi connectivity index (χ2v) is 5.43. The van der Waals surface area contributed by atoms with Crippen molar-refractivity contribution in [3.8, 4) is 5.75 Å². The summed E-state index contributed by atoms with van der Waals surface area (Å²) in [4.78, 5) is 14.3. The van der Waals surface area contributed by atoms with Gasteiger partial charge < -0.3 is 15.0 Å². The standard InChI is InChI=1S/C16H24N2O2/c1-12-5-6-15(11-13(12)2)20-14(3)16(19)18-9-4-7-17-8-10-18/h5-6,11,14,17H,4,7-10H2,1-3H3. The summed E-state index contributed by atoms with van der Waals surface area (Å²) in [5.74, 6) is 0.842. The molecule has 4 heteroatoms.